The third kappa shape index (κ3) is 3.22. The van der Waals surface area contributed by atoms with E-state index in [0.29, 0.717) is 18.4 Å². The van der Waals surface area contributed by atoms with E-state index in [1.807, 2.05) is 24.3 Å². The van der Waals surface area contributed by atoms with Crippen LogP contribution in [0.2, 0.25) is 0 Å². The smallest absolute Gasteiger partial charge is 0.213 e. The van der Waals surface area contributed by atoms with Crippen LogP contribution in [0.1, 0.15) is 10.6 Å². The number of thiophene rings is 1. The molecule has 0 saturated carbocycles. The van der Waals surface area contributed by atoms with Crippen molar-refractivity contribution in [1.29, 1.82) is 0 Å². The predicted molar refractivity (Wildman–Crippen MR) is 67.3 cm³/mol. The number of pyridine rings is 1. The molecule has 0 bridgehead atoms. The summed E-state index contributed by atoms with van der Waals surface area (Å²) in [5, 5.41) is 2.07. The van der Waals surface area contributed by atoms with Gasteiger partial charge in [0.15, 0.2) is 0 Å². The van der Waals surface area contributed by atoms with Gasteiger partial charge in [-0.25, -0.2) is 4.98 Å². The molecule has 2 aromatic heterocycles. The molecule has 0 aromatic carbocycles. The minimum absolute atomic E-state index is 0.419. The van der Waals surface area contributed by atoms with E-state index in [9.17, 15) is 0 Å². The Labute approximate surface area is 104 Å². The first kappa shape index (κ1) is 11.4. The topological polar surface area (TPSA) is 22.1 Å². The molecule has 2 aromatic rings. The lowest BCUT2D eigenvalue weighted by Gasteiger charge is -2.04. The Bertz CT molecular complexity index is 430. The molecule has 0 fully saturated rings. The summed E-state index contributed by atoms with van der Waals surface area (Å²) in [4.78, 5) is 5.59. The predicted octanol–water partition coefficient (Wildman–Crippen LogP) is 3.50. The second-order valence-electron chi connectivity index (χ2n) is 3.28. The van der Waals surface area contributed by atoms with E-state index < -0.39 is 0 Å². The molecular formula is C12H12ClNOS. The molecule has 0 saturated heterocycles. The Balaban J connectivity index is 1.85. The molecule has 0 N–H and O–H groups in total. The molecule has 0 spiro atoms. The summed E-state index contributed by atoms with van der Waals surface area (Å²) in [7, 11) is 0. The summed E-state index contributed by atoms with van der Waals surface area (Å²) in [5.74, 6) is 1.07. The molecule has 4 heteroatoms. The van der Waals surface area contributed by atoms with Gasteiger partial charge in [-0.3, -0.25) is 0 Å². The fourth-order valence-corrected chi connectivity index (χ4v) is 2.16. The Hall–Kier alpha value is -1.06. The molecule has 16 heavy (non-hydrogen) atoms. The fourth-order valence-electron chi connectivity index (χ4n) is 1.32. The quantitative estimate of drug-likeness (QED) is 0.761. The molecule has 0 aliphatic carbocycles. The zero-order valence-corrected chi connectivity index (χ0v) is 10.3. The maximum Gasteiger partial charge on any atom is 0.213 e. The summed E-state index contributed by atoms with van der Waals surface area (Å²) in [5.41, 5.74) is 0.843. The first-order chi connectivity index (χ1) is 7.88. The van der Waals surface area contributed by atoms with Gasteiger partial charge >= 0.3 is 0 Å². The van der Waals surface area contributed by atoms with Crippen LogP contribution in [0.5, 0.6) is 5.88 Å². The van der Waals surface area contributed by atoms with Crippen molar-refractivity contribution in [3.8, 4) is 5.88 Å². The van der Waals surface area contributed by atoms with Crippen molar-refractivity contribution in [2.45, 2.75) is 12.3 Å². The van der Waals surface area contributed by atoms with Crippen molar-refractivity contribution in [2.24, 2.45) is 0 Å². The third-order valence-corrected chi connectivity index (χ3v) is 3.31. The minimum Gasteiger partial charge on any atom is -0.477 e. The Morgan fingerprint density at radius 1 is 1.25 bits per heavy atom. The fraction of sp³-hybridized carbons (Fsp3) is 0.250. The van der Waals surface area contributed by atoms with Crippen molar-refractivity contribution in [1.82, 2.24) is 4.98 Å². The van der Waals surface area contributed by atoms with Crippen LogP contribution in [0.4, 0.5) is 0 Å². The lowest BCUT2D eigenvalue weighted by atomic mass is 10.3. The van der Waals surface area contributed by atoms with Crippen LogP contribution in [-0.4, -0.2) is 11.6 Å². The van der Waals surface area contributed by atoms with Gasteiger partial charge in [-0.05, 0) is 17.5 Å². The summed E-state index contributed by atoms with van der Waals surface area (Å²) in [6, 6.07) is 9.80. The number of ether oxygens (including phenoxy) is 1. The van der Waals surface area contributed by atoms with Crippen LogP contribution >= 0.6 is 22.9 Å². The maximum absolute atomic E-state index is 5.70. The van der Waals surface area contributed by atoms with Crippen molar-refractivity contribution in [3.63, 3.8) is 0 Å². The summed E-state index contributed by atoms with van der Waals surface area (Å²) in [6.07, 6.45) is 0.921. The van der Waals surface area contributed by atoms with E-state index in [-0.39, 0.29) is 0 Å². The highest BCUT2D eigenvalue weighted by Gasteiger charge is 1.98. The Morgan fingerprint density at radius 3 is 2.94 bits per heavy atom. The van der Waals surface area contributed by atoms with Crippen LogP contribution in [0.15, 0.2) is 35.7 Å². The Kier molecular flexibility index (Phi) is 4.19. The maximum atomic E-state index is 5.70. The molecule has 0 radical (unpaired) electrons. The monoisotopic (exact) mass is 253 g/mol. The first-order valence-corrected chi connectivity index (χ1v) is 6.47. The van der Waals surface area contributed by atoms with Gasteiger partial charge in [0.05, 0.1) is 18.2 Å². The third-order valence-electron chi connectivity index (χ3n) is 2.10. The van der Waals surface area contributed by atoms with E-state index >= 15 is 0 Å². The first-order valence-electron chi connectivity index (χ1n) is 5.05. The van der Waals surface area contributed by atoms with Crippen LogP contribution in [0.3, 0.4) is 0 Å². The average molecular weight is 254 g/mol. The van der Waals surface area contributed by atoms with Crippen LogP contribution < -0.4 is 4.74 Å². The van der Waals surface area contributed by atoms with E-state index in [4.69, 9.17) is 16.3 Å². The van der Waals surface area contributed by atoms with Gasteiger partial charge in [0, 0.05) is 17.4 Å². The van der Waals surface area contributed by atoms with Gasteiger partial charge in [0.1, 0.15) is 0 Å². The van der Waals surface area contributed by atoms with Gasteiger partial charge in [-0.2, -0.15) is 0 Å². The second kappa shape index (κ2) is 5.87. The van der Waals surface area contributed by atoms with E-state index in [1.165, 1.54) is 4.88 Å². The zero-order chi connectivity index (χ0) is 11.2. The van der Waals surface area contributed by atoms with Crippen LogP contribution in [-0.2, 0) is 12.3 Å². The molecule has 84 valence electrons. The van der Waals surface area contributed by atoms with Crippen LogP contribution in [0, 0.1) is 0 Å². The Morgan fingerprint density at radius 2 is 2.19 bits per heavy atom. The van der Waals surface area contributed by atoms with Crippen molar-refractivity contribution < 1.29 is 4.74 Å². The molecule has 0 unspecified atom stereocenters. The number of rotatable bonds is 5. The van der Waals surface area contributed by atoms with Gasteiger partial charge in [-0.15, -0.1) is 22.9 Å². The van der Waals surface area contributed by atoms with Gasteiger partial charge in [-0.1, -0.05) is 12.1 Å². The number of alkyl halides is 1. The van der Waals surface area contributed by atoms with E-state index in [1.54, 1.807) is 11.3 Å². The van der Waals surface area contributed by atoms with Gasteiger partial charge < -0.3 is 4.74 Å². The number of nitrogens with zero attached hydrogens (tertiary/aromatic N) is 1. The minimum atomic E-state index is 0.419. The average Bonchev–Trinajstić information content (AvgIpc) is 2.82. The SMILES string of the molecule is ClCc1cccc(OCCc2cccs2)n1. The van der Waals surface area contributed by atoms with E-state index in [0.717, 1.165) is 12.1 Å². The number of aromatic nitrogens is 1. The summed E-state index contributed by atoms with van der Waals surface area (Å²) < 4.78 is 5.56. The molecule has 0 aliphatic heterocycles. The van der Waals surface area contributed by atoms with Crippen molar-refractivity contribution >= 4 is 22.9 Å². The molecule has 2 rings (SSSR count). The van der Waals surface area contributed by atoms with Gasteiger partial charge in [0.25, 0.3) is 0 Å². The lowest BCUT2D eigenvalue weighted by molar-refractivity contribution is 0.310. The van der Waals surface area contributed by atoms with Gasteiger partial charge in [0.2, 0.25) is 5.88 Å². The number of hydrogen-bond acceptors (Lipinski definition) is 3. The standard InChI is InChI=1S/C12H12ClNOS/c13-9-10-3-1-5-12(14-10)15-7-6-11-4-2-8-16-11/h1-5,8H,6-7,9H2. The van der Waals surface area contributed by atoms with Crippen molar-refractivity contribution in [3.05, 3.63) is 46.3 Å². The molecular weight excluding hydrogens is 242 g/mol. The molecule has 0 aliphatic rings. The molecule has 0 amide bonds. The summed E-state index contributed by atoms with van der Waals surface area (Å²) in [6.45, 7) is 0.652. The molecule has 2 nitrogen and oxygen atoms in total. The highest BCUT2D eigenvalue weighted by atomic mass is 35.5. The number of hydrogen-bond donors (Lipinski definition) is 0. The lowest BCUT2D eigenvalue weighted by Crippen LogP contribution is -2.02. The second-order valence-corrected chi connectivity index (χ2v) is 4.58. The van der Waals surface area contributed by atoms with E-state index in [2.05, 4.69) is 16.4 Å². The van der Waals surface area contributed by atoms with Crippen LogP contribution in [0.25, 0.3) is 0 Å². The highest BCUT2D eigenvalue weighted by molar-refractivity contribution is 7.09. The molecule has 0 atom stereocenters. The summed E-state index contributed by atoms with van der Waals surface area (Å²) >= 11 is 7.44. The molecule has 2 heterocycles. The van der Waals surface area contributed by atoms with Crippen molar-refractivity contribution in [2.75, 3.05) is 6.61 Å². The highest BCUT2D eigenvalue weighted by Crippen LogP contribution is 2.12. The normalized spacial score (nSPS) is 10.3. The zero-order valence-electron chi connectivity index (χ0n) is 8.73. The number of halogens is 1. The largest absolute Gasteiger partial charge is 0.477 e.